The van der Waals surface area contributed by atoms with E-state index in [1.807, 2.05) is 0 Å². The van der Waals surface area contributed by atoms with Gasteiger partial charge in [0.05, 0.1) is 92.5 Å². The van der Waals surface area contributed by atoms with Gasteiger partial charge in [0, 0.05) is 33.0 Å². The number of nitrogens with one attached hydrogen (secondary N) is 6. The van der Waals surface area contributed by atoms with Gasteiger partial charge in [-0.2, -0.15) is 0 Å². The van der Waals surface area contributed by atoms with Crippen molar-refractivity contribution in [2.24, 2.45) is 17.4 Å². The molecule has 0 aromatic rings. The van der Waals surface area contributed by atoms with Crippen molar-refractivity contribution in [2.75, 3.05) is 119 Å². The molecule has 0 saturated heterocycles. The summed E-state index contributed by atoms with van der Waals surface area (Å²) >= 11 is 0. The second kappa shape index (κ2) is 38.5. The number of unbranched alkanes of at least 4 members (excludes halogenated alkanes) is 1. The molecule has 21 heteroatoms. The quantitative estimate of drug-likeness (QED) is 0.0324. The van der Waals surface area contributed by atoms with Crippen LogP contribution >= 0.6 is 0 Å². The highest BCUT2D eigenvalue weighted by Gasteiger charge is 2.31. The van der Waals surface area contributed by atoms with Gasteiger partial charge >= 0.3 is 6.03 Å². The SMILES string of the molecule is CCC(=O)NCCOCCOCCOCCOCCOCCOCCOCCNC(=O)[C@H](CCCNC(N)=O)NC(=O)C(NC(=O)[C@H](CCCCN)NC(C)=O)C(C)C. The molecule has 0 saturated carbocycles. The Bertz CT molecular complexity index is 1140. The molecule has 0 aliphatic rings. The van der Waals surface area contributed by atoms with E-state index >= 15 is 0 Å². The Balaban J connectivity index is 4.26. The molecule has 1 unspecified atom stereocenters. The van der Waals surface area contributed by atoms with Crippen LogP contribution in [-0.4, -0.2) is 172 Å². The predicted molar refractivity (Wildman–Crippen MR) is 218 cm³/mol. The largest absolute Gasteiger partial charge is 0.377 e. The third-order valence-corrected chi connectivity index (χ3v) is 8.16. The van der Waals surface area contributed by atoms with E-state index in [4.69, 9.17) is 44.6 Å². The molecule has 0 spiro atoms. The molecule has 344 valence electrons. The van der Waals surface area contributed by atoms with Crippen molar-refractivity contribution in [3.8, 4) is 0 Å². The van der Waals surface area contributed by atoms with Crippen molar-refractivity contribution in [1.82, 2.24) is 31.9 Å². The molecule has 0 aromatic carbocycles. The summed E-state index contributed by atoms with van der Waals surface area (Å²) in [6, 6.07) is -3.52. The number of hydrogen-bond donors (Lipinski definition) is 8. The molecule has 7 amide bonds. The van der Waals surface area contributed by atoms with E-state index in [-0.39, 0.29) is 50.5 Å². The van der Waals surface area contributed by atoms with Crippen molar-refractivity contribution in [2.45, 2.75) is 84.3 Å². The molecule has 3 atom stereocenters. The normalized spacial score (nSPS) is 12.6. The van der Waals surface area contributed by atoms with Gasteiger partial charge in [0.2, 0.25) is 29.5 Å². The number of urea groups is 1. The van der Waals surface area contributed by atoms with Crippen LogP contribution in [0.25, 0.3) is 0 Å². The van der Waals surface area contributed by atoms with E-state index in [1.54, 1.807) is 20.8 Å². The minimum atomic E-state index is -0.991. The molecular formula is C38H74N8O13. The van der Waals surface area contributed by atoms with Crippen LogP contribution in [-0.2, 0) is 57.1 Å². The third-order valence-electron chi connectivity index (χ3n) is 8.16. The van der Waals surface area contributed by atoms with Gasteiger partial charge in [0.1, 0.15) is 18.1 Å². The van der Waals surface area contributed by atoms with Gasteiger partial charge in [-0.3, -0.25) is 24.0 Å². The molecule has 0 bridgehead atoms. The predicted octanol–water partition coefficient (Wildman–Crippen LogP) is -1.55. The average Bonchev–Trinajstić information content (AvgIpc) is 3.19. The fraction of sp³-hybridized carbons (Fsp3) is 0.842. The topological polar surface area (TPSA) is 291 Å². The third kappa shape index (κ3) is 33.8. The highest BCUT2D eigenvalue weighted by atomic mass is 16.6. The minimum Gasteiger partial charge on any atom is -0.377 e. The van der Waals surface area contributed by atoms with Crippen LogP contribution < -0.4 is 43.4 Å². The first-order chi connectivity index (χ1) is 28.4. The standard InChI is InChI=1S/C38H74N8O13/c1-5-33(48)41-13-15-53-17-19-55-21-23-57-25-27-59-28-26-58-24-22-56-20-18-54-16-14-42-35(49)31(10-8-12-43-38(40)52)45-37(51)34(29(2)3)46-36(50)32(44-30(4)47)9-6-7-11-39/h29,31-32,34H,5-28,39H2,1-4H3,(H,41,48)(H,42,49)(H,44,47)(H,45,51)(H,46,50)(H3,40,43,52)/t31-,32-,34?/m0/s1. The van der Waals surface area contributed by atoms with Crippen molar-refractivity contribution in [3.05, 3.63) is 0 Å². The average molecular weight is 851 g/mol. The monoisotopic (exact) mass is 851 g/mol. The lowest BCUT2D eigenvalue weighted by Gasteiger charge is -2.27. The Labute approximate surface area is 349 Å². The molecule has 59 heavy (non-hydrogen) atoms. The lowest BCUT2D eigenvalue weighted by Crippen LogP contribution is -2.58. The number of primary amides is 1. The molecule has 21 nitrogen and oxygen atoms in total. The molecule has 0 aliphatic heterocycles. The molecule has 0 radical (unpaired) electrons. The maximum atomic E-state index is 13.4. The maximum Gasteiger partial charge on any atom is 0.312 e. The van der Waals surface area contributed by atoms with Crippen LogP contribution in [0.2, 0.25) is 0 Å². The molecule has 10 N–H and O–H groups in total. The van der Waals surface area contributed by atoms with Crippen molar-refractivity contribution in [1.29, 1.82) is 0 Å². The molecule has 0 rings (SSSR count). The summed E-state index contributed by atoms with van der Waals surface area (Å²) in [4.78, 5) is 73.6. The zero-order valence-corrected chi connectivity index (χ0v) is 35.7. The van der Waals surface area contributed by atoms with E-state index in [1.165, 1.54) is 6.92 Å². The first-order valence-corrected chi connectivity index (χ1v) is 20.6. The van der Waals surface area contributed by atoms with Crippen LogP contribution in [0.5, 0.6) is 0 Å². The van der Waals surface area contributed by atoms with E-state index in [2.05, 4.69) is 31.9 Å². The van der Waals surface area contributed by atoms with Gasteiger partial charge in [-0.25, -0.2) is 4.79 Å². The summed E-state index contributed by atoms with van der Waals surface area (Å²) in [5, 5.41) is 16.0. The smallest absolute Gasteiger partial charge is 0.312 e. The maximum absolute atomic E-state index is 13.4. The fourth-order valence-corrected chi connectivity index (χ4v) is 5.02. The lowest BCUT2D eigenvalue weighted by molar-refractivity contribution is -0.134. The molecule has 0 aromatic heterocycles. The second-order valence-corrected chi connectivity index (χ2v) is 13.5. The first kappa shape index (κ1) is 55.3. The van der Waals surface area contributed by atoms with E-state index < -0.39 is 41.9 Å². The second-order valence-electron chi connectivity index (χ2n) is 13.5. The molecule has 0 fully saturated rings. The lowest BCUT2D eigenvalue weighted by atomic mass is 10.0. The summed E-state index contributed by atoms with van der Waals surface area (Å²) in [7, 11) is 0. The number of carbonyl (C=O) groups is 6. The first-order valence-electron chi connectivity index (χ1n) is 20.6. The van der Waals surface area contributed by atoms with Gasteiger partial charge in [0.15, 0.2) is 0 Å². The summed E-state index contributed by atoms with van der Waals surface area (Å²) in [6.45, 7) is 13.4. The van der Waals surface area contributed by atoms with E-state index in [0.29, 0.717) is 124 Å². The molecule has 0 heterocycles. The number of hydrogen-bond acceptors (Lipinski definition) is 14. The van der Waals surface area contributed by atoms with E-state index in [9.17, 15) is 28.8 Å². The minimum absolute atomic E-state index is 0.00326. The Hall–Kier alpha value is -3.70. The highest BCUT2D eigenvalue weighted by Crippen LogP contribution is 2.08. The number of rotatable bonds is 40. The van der Waals surface area contributed by atoms with Gasteiger partial charge in [0.25, 0.3) is 0 Å². The number of nitrogens with two attached hydrogens (primary N) is 2. The highest BCUT2D eigenvalue weighted by molar-refractivity contribution is 5.94. The number of amides is 7. The zero-order chi connectivity index (χ0) is 43.9. The van der Waals surface area contributed by atoms with Crippen molar-refractivity contribution < 1.29 is 61.9 Å². The van der Waals surface area contributed by atoms with Gasteiger partial charge in [-0.15, -0.1) is 0 Å². The Kier molecular flexibility index (Phi) is 36.1. The van der Waals surface area contributed by atoms with Crippen LogP contribution in [0.15, 0.2) is 0 Å². The van der Waals surface area contributed by atoms with Crippen molar-refractivity contribution >= 4 is 35.6 Å². The Morgan fingerprint density at radius 1 is 0.508 bits per heavy atom. The zero-order valence-electron chi connectivity index (χ0n) is 35.7. The molecular weight excluding hydrogens is 776 g/mol. The van der Waals surface area contributed by atoms with Gasteiger partial charge in [-0.1, -0.05) is 20.8 Å². The number of carbonyl (C=O) groups excluding carboxylic acids is 6. The summed E-state index contributed by atoms with van der Waals surface area (Å²) < 4.78 is 38.2. The summed E-state index contributed by atoms with van der Waals surface area (Å²) in [5.41, 5.74) is 10.7. The summed E-state index contributed by atoms with van der Waals surface area (Å²) in [5.74, 6) is -2.27. The van der Waals surface area contributed by atoms with Crippen molar-refractivity contribution in [3.63, 3.8) is 0 Å². The Morgan fingerprint density at radius 2 is 0.949 bits per heavy atom. The van der Waals surface area contributed by atoms with Gasteiger partial charge in [-0.05, 0) is 44.6 Å². The summed E-state index contributed by atoms with van der Waals surface area (Å²) in [6.07, 6.45) is 2.61. The van der Waals surface area contributed by atoms with Crippen LogP contribution in [0.1, 0.15) is 66.2 Å². The van der Waals surface area contributed by atoms with E-state index in [0.717, 1.165) is 0 Å². The Morgan fingerprint density at radius 3 is 1.37 bits per heavy atom. The van der Waals surface area contributed by atoms with Crippen LogP contribution in [0.4, 0.5) is 4.79 Å². The number of ether oxygens (including phenoxy) is 7. The molecule has 0 aliphatic carbocycles. The van der Waals surface area contributed by atoms with Gasteiger partial charge < -0.3 is 76.5 Å². The fourth-order valence-electron chi connectivity index (χ4n) is 5.02. The van der Waals surface area contributed by atoms with Crippen LogP contribution in [0, 0.1) is 5.92 Å². The van der Waals surface area contributed by atoms with Crippen LogP contribution in [0.3, 0.4) is 0 Å².